The van der Waals surface area contributed by atoms with Gasteiger partial charge in [0.2, 0.25) is 5.91 Å². The molecule has 2 rings (SSSR count). The zero-order valence-electron chi connectivity index (χ0n) is 11.5. The molecule has 1 amide bonds. The van der Waals surface area contributed by atoms with E-state index in [1.165, 1.54) is 0 Å². The summed E-state index contributed by atoms with van der Waals surface area (Å²) in [5.74, 6) is -0.366. The summed E-state index contributed by atoms with van der Waals surface area (Å²) in [5.41, 5.74) is 4.98. The Morgan fingerprint density at radius 2 is 2.00 bits per heavy atom. The molecule has 1 heterocycles. The van der Waals surface area contributed by atoms with Gasteiger partial charge >= 0.3 is 6.18 Å². The van der Waals surface area contributed by atoms with Gasteiger partial charge in [-0.3, -0.25) is 9.78 Å². The molecule has 1 aromatic heterocycles. The number of halogens is 3. The van der Waals surface area contributed by atoms with Crippen LogP contribution in [0.5, 0.6) is 0 Å². The molecule has 7 heteroatoms. The predicted molar refractivity (Wildman–Crippen MR) is 71.0 cm³/mol. The first-order chi connectivity index (χ1) is 9.88. The van der Waals surface area contributed by atoms with Gasteiger partial charge in [0.1, 0.15) is 0 Å². The molecule has 0 aliphatic heterocycles. The summed E-state index contributed by atoms with van der Waals surface area (Å²) in [6.45, 7) is -0.163. The highest BCUT2D eigenvalue weighted by molar-refractivity contribution is 5.78. The van der Waals surface area contributed by atoms with Gasteiger partial charge in [-0.25, -0.2) is 0 Å². The number of nitrogens with one attached hydrogen (secondary N) is 1. The average molecular weight is 301 g/mol. The second-order valence-corrected chi connectivity index (χ2v) is 5.36. The number of carbonyl (C=O) groups is 1. The lowest BCUT2D eigenvalue weighted by Crippen LogP contribution is -2.36. The fourth-order valence-electron chi connectivity index (χ4n) is 2.55. The van der Waals surface area contributed by atoms with Crippen molar-refractivity contribution in [3.8, 4) is 0 Å². The van der Waals surface area contributed by atoms with Crippen LogP contribution in [0, 0.1) is 5.92 Å². The van der Waals surface area contributed by atoms with E-state index in [1.807, 2.05) is 0 Å². The highest BCUT2D eigenvalue weighted by atomic mass is 19.4. The highest BCUT2D eigenvalue weighted by Crippen LogP contribution is 2.31. The number of rotatable bonds is 3. The van der Waals surface area contributed by atoms with Crippen LogP contribution in [0.25, 0.3) is 0 Å². The Labute approximate surface area is 120 Å². The van der Waals surface area contributed by atoms with Crippen molar-refractivity contribution in [1.82, 2.24) is 10.3 Å². The maximum absolute atomic E-state index is 12.8. The summed E-state index contributed by atoms with van der Waals surface area (Å²) < 4.78 is 38.4. The number of pyridine rings is 1. The molecule has 4 nitrogen and oxygen atoms in total. The number of hydrogen-bond donors (Lipinski definition) is 2. The molecule has 0 aromatic carbocycles. The zero-order chi connectivity index (χ0) is 15.5. The zero-order valence-corrected chi connectivity index (χ0v) is 11.5. The number of nitrogens with two attached hydrogens (primary N) is 1. The van der Waals surface area contributed by atoms with Crippen molar-refractivity contribution < 1.29 is 18.0 Å². The van der Waals surface area contributed by atoms with Crippen molar-refractivity contribution in [2.45, 2.75) is 44.4 Å². The Bertz CT molecular complexity index is 496. The van der Waals surface area contributed by atoms with Crippen LogP contribution in [-0.4, -0.2) is 16.9 Å². The first kappa shape index (κ1) is 15.8. The summed E-state index contributed by atoms with van der Waals surface area (Å²) in [4.78, 5) is 15.7. The van der Waals surface area contributed by atoms with E-state index < -0.39 is 11.7 Å². The summed E-state index contributed by atoms with van der Waals surface area (Å²) >= 11 is 0. The summed E-state index contributed by atoms with van der Waals surface area (Å²) in [5, 5.41) is 2.58. The van der Waals surface area contributed by atoms with Crippen molar-refractivity contribution in [1.29, 1.82) is 0 Å². The van der Waals surface area contributed by atoms with E-state index in [9.17, 15) is 18.0 Å². The molecule has 0 saturated heterocycles. The minimum atomic E-state index is -4.44. The van der Waals surface area contributed by atoms with Crippen molar-refractivity contribution in [2.24, 2.45) is 11.7 Å². The molecule has 0 bridgehead atoms. The van der Waals surface area contributed by atoms with E-state index in [-0.39, 0.29) is 30.0 Å². The molecule has 0 atom stereocenters. The third-order valence-corrected chi connectivity index (χ3v) is 3.80. The lowest BCUT2D eigenvalue weighted by Gasteiger charge is -2.25. The summed E-state index contributed by atoms with van der Waals surface area (Å²) in [7, 11) is 0. The lowest BCUT2D eigenvalue weighted by molar-refractivity contribution is -0.138. The molecule has 116 valence electrons. The van der Waals surface area contributed by atoms with Gasteiger partial charge in [0.15, 0.2) is 0 Å². The van der Waals surface area contributed by atoms with Crippen molar-refractivity contribution in [2.75, 3.05) is 0 Å². The molecule has 1 aliphatic carbocycles. The Morgan fingerprint density at radius 3 is 2.62 bits per heavy atom. The van der Waals surface area contributed by atoms with Crippen LogP contribution in [-0.2, 0) is 17.5 Å². The Kier molecular flexibility index (Phi) is 4.82. The maximum atomic E-state index is 12.8. The van der Waals surface area contributed by atoms with Gasteiger partial charge < -0.3 is 11.1 Å². The van der Waals surface area contributed by atoms with Crippen LogP contribution >= 0.6 is 0 Å². The van der Waals surface area contributed by atoms with E-state index in [1.54, 1.807) is 0 Å². The van der Waals surface area contributed by atoms with Gasteiger partial charge in [-0.2, -0.15) is 13.2 Å². The molecular weight excluding hydrogens is 283 g/mol. The van der Waals surface area contributed by atoms with E-state index in [4.69, 9.17) is 5.73 Å². The second-order valence-electron chi connectivity index (χ2n) is 5.36. The topological polar surface area (TPSA) is 68.0 Å². The number of amides is 1. The van der Waals surface area contributed by atoms with Crippen molar-refractivity contribution in [3.63, 3.8) is 0 Å². The normalized spacial score (nSPS) is 22.9. The monoisotopic (exact) mass is 301 g/mol. The van der Waals surface area contributed by atoms with Gasteiger partial charge in [0.05, 0.1) is 5.56 Å². The fraction of sp³-hybridized carbons (Fsp3) is 0.571. The smallest absolute Gasteiger partial charge is 0.352 e. The quantitative estimate of drug-likeness (QED) is 0.899. The molecule has 3 N–H and O–H groups in total. The van der Waals surface area contributed by atoms with Gasteiger partial charge in [-0.05, 0) is 31.7 Å². The number of hydrogen-bond acceptors (Lipinski definition) is 3. The molecule has 1 aromatic rings. The van der Waals surface area contributed by atoms with Crippen LogP contribution in [0.3, 0.4) is 0 Å². The summed E-state index contributed by atoms with van der Waals surface area (Å²) in [6, 6.07) is 1.05. The van der Waals surface area contributed by atoms with E-state index in [2.05, 4.69) is 10.3 Å². The molecule has 1 saturated carbocycles. The molecule has 0 radical (unpaired) electrons. The molecule has 0 unspecified atom stereocenters. The average Bonchev–Trinajstić information content (AvgIpc) is 2.45. The van der Waals surface area contributed by atoms with Crippen LogP contribution in [0.1, 0.15) is 36.8 Å². The van der Waals surface area contributed by atoms with Crippen LogP contribution in [0.15, 0.2) is 18.5 Å². The third-order valence-electron chi connectivity index (χ3n) is 3.80. The third kappa shape index (κ3) is 4.17. The van der Waals surface area contributed by atoms with Crippen LogP contribution in [0.2, 0.25) is 0 Å². The highest BCUT2D eigenvalue weighted by Gasteiger charge is 2.33. The van der Waals surface area contributed by atoms with Gasteiger partial charge in [0, 0.05) is 36.5 Å². The standard InChI is InChI=1S/C14H18F3N3O/c15-14(16,17)12-5-6-19-7-10(12)8-20-13(21)9-1-3-11(18)4-2-9/h5-7,9,11H,1-4,8,18H2,(H,20,21). The Morgan fingerprint density at radius 1 is 1.33 bits per heavy atom. The van der Waals surface area contributed by atoms with Crippen molar-refractivity contribution >= 4 is 5.91 Å². The van der Waals surface area contributed by atoms with Gasteiger partial charge in [-0.1, -0.05) is 0 Å². The van der Waals surface area contributed by atoms with Crippen LogP contribution < -0.4 is 11.1 Å². The van der Waals surface area contributed by atoms with E-state index >= 15 is 0 Å². The Balaban J connectivity index is 1.96. The maximum Gasteiger partial charge on any atom is 0.416 e. The fourth-order valence-corrected chi connectivity index (χ4v) is 2.55. The molecule has 21 heavy (non-hydrogen) atoms. The number of alkyl halides is 3. The lowest BCUT2D eigenvalue weighted by atomic mass is 9.86. The molecular formula is C14H18F3N3O. The predicted octanol–water partition coefficient (Wildman–Crippen LogP) is 2.23. The number of carbonyl (C=O) groups excluding carboxylic acids is 1. The SMILES string of the molecule is NC1CCC(C(=O)NCc2cnccc2C(F)(F)F)CC1. The van der Waals surface area contributed by atoms with E-state index in [0.717, 1.165) is 31.3 Å². The van der Waals surface area contributed by atoms with Crippen molar-refractivity contribution in [3.05, 3.63) is 29.6 Å². The summed E-state index contributed by atoms with van der Waals surface area (Å²) in [6.07, 6.45) is 0.715. The molecule has 0 spiro atoms. The number of nitrogens with zero attached hydrogens (tertiary/aromatic N) is 1. The Hall–Kier alpha value is -1.63. The first-order valence-electron chi connectivity index (χ1n) is 6.91. The largest absolute Gasteiger partial charge is 0.416 e. The minimum absolute atomic E-state index is 0.0224. The van der Waals surface area contributed by atoms with E-state index in [0.29, 0.717) is 12.8 Å². The molecule has 1 aliphatic rings. The van der Waals surface area contributed by atoms with Gasteiger partial charge in [0.25, 0.3) is 0 Å². The van der Waals surface area contributed by atoms with Crippen LogP contribution in [0.4, 0.5) is 13.2 Å². The van der Waals surface area contributed by atoms with Gasteiger partial charge in [-0.15, -0.1) is 0 Å². The molecule has 1 fully saturated rings. The minimum Gasteiger partial charge on any atom is -0.352 e. The second kappa shape index (κ2) is 6.43. The number of aromatic nitrogens is 1. The first-order valence-corrected chi connectivity index (χ1v) is 6.91.